The highest BCUT2D eigenvalue weighted by Gasteiger charge is 2.45. The molecule has 0 amide bonds. The molecule has 1 fully saturated rings. The summed E-state index contributed by atoms with van der Waals surface area (Å²) < 4.78 is 0. The molecular formula is C15H19N3. The maximum Gasteiger partial charge on any atom is 0.114 e. The molecule has 1 aliphatic carbocycles. The Balaban J connectivity index is 2.00. The highest BCUT2D eigenvalue weighted by molar-refractivity contribution is 5.62. The summed E-state index contributed by atoms with van der Waals surface area (Å²) >= 11 is 0. The zero-order valence-corrected chi connectivity index (χ0v) is 11.0. The molecule has 0 bridgehead atoms. The van der Waals surface area contributed by atoms with E-state index in [1.807, 2.05) is 0 Å². The Kier molecular flexibility index (Phi) is 2.52. The number of hydrogen-bond acceptors (Lipinski definition) is 2. The molecule has 0 spiro atoms. The summed E-state index contributed by atoms with van der Waals surface area (Å²) in [6.07, 6.45) is 2.31. The number of hydrogen-bond donors (Lipinski definition) is 2. The highest BCUT2D eigenvalue weighted by Crippen LogP contribution is 2.46. The number of nitrogens with one attached hydrogen (secondary N) is 1. The number of aryl methyl sites for hydroxylation is 2. The Labute approximate surface area is 107 Å². The second-order valence-corrected chi connectivity index (χ2v) is 5.41. The van der Waals surface area contributed by atoms with Crippen molar-refractivity contribution in [3.8, 4) is 11.3 Å². The summed E-state index contributed by atoms with van der Waals surface area (Å²) in [7, 11) is 0. The van der Waals surface area contributed by atoms with Crippen LogP contribution >= 0.6 is 0 Å². The Morgan fingerprint density at radius 1 is 1.22 bits per heavy atom. The normalized spacial score (nSPS) is 16.8. The van der Waals surface area contributed by atoms with Crippen molar-refractivity contribution in [3.63, 3.8) is 0 Å². The van der Waals surface area contributed by atoms with Crippen LogP contribution in [-0.4, -0.2) is 16.5 Å². The van der Waals surface area contributed by atoms with Crippen molar-refractivity contribution in [3.05, 3.63) is 41.3 Å². The van der Waals surface area contributed by atoms with Crippen LogP contribution in [-0.2, 0) is 5.41 Å². The van der Waals surface area contributed by atoms with Gasteiger partial charge in [-0.2, -0.15) is 0 Å². The molecule has 3 N–H and O–H groups in total. The van der Waals surface area contributed by atoms with Crippen LogP contribution in [0.5, 0.6) is 0 Å². The molecule has 3 heteroatoms. The van der Waals surface area contributed by atoms with E-state index in [4.69, 9.17) is 10.7 Å². The predicted octanol–water partition coefficient (Wildman–Crippen LogP) is 2.68. The molecule has 1 aromatic carbocycles. The molecule has 1 saturated carbocycles. The van der Waals surface area contributed by atoms with E-state index in [9.17, 15) is 0 Å². The molecule has 1 aromatic heterocycles. The minimum absolute atomic E-state index is 0.133. The van der Waals surface area contributed by atoms with Gasteiger partial charge >= 0.3 is 0 Å². The van der Waals surface area contributed by atoms with Gasteiger partial charge in [0.15, 0.2) is 0 Å². The van der Waals surface area contributed by atoms with Crippen LogP contribution in [0.1, 0.15) is 29.9 Å². The fraction of sp³-hybridized carbons (Fsp3) is 0.400. The van der Waals surface area contributed by atoms with Crippen LogP contribution in [0.25, 0.3) is 11.3 Å². The van der Waals surface area contributed by atoms with Gasteiger partial charge in [0.2, 0.25) is 0 Å². The van der Waals surface area contributed by atoms with E-state index in [1.54, 1.807) is 0 Å². The molecule has 94 valence electrons. The lowest BCUT2D eigenvalue weighted by molar-refractivity contribution is 0.658. The van der Waals surface area contributed by atoms with Gasteiger partial charge in [-0.1, -0.05) is 29.8 Å². The Bertz CT molecular complexity index is 562. The first kappa shape index (κ1) is 11.5. The quantitative estimate of drug-likeness (QED) is 0.868. The molecule has 1 aliphatic rings. The van der Waals surface area contributed by atoms with Crippen LogP contribution in [0.3, 0.4) is 0 Å². The first-order valence-electron chi connectivity index (χ1n) is 6.49. The number of imidazole rings is 1. The number of aromatic amines is 1. The van der Waals surface area contributed by atoms with Gasteiger partial charge in [-0.05, 0) is 26.7 Å². The minimum atomic E-state index is 0.133. The summed E-state index contributed by atoms with van der Waals surface area (Å²) in [6.45, 7) is 4.87. The molecule has 0 saturated heterocycles. The second kappa shape index (κ2) is 3.95. The van der Waals surface area contributed by atoms with Gasteiger partial charge in [0, 0.05) is 23.2 Å². The van der Waals surface area contributed by atoms with Crippen LogP contribution in [0.15, 0.2) is 24.3 Å². The topological polar surface area (TPSA) is 54.7 Å². The van der Waals surface area contributed by atoms with Crippen molar-refractivity contribution < 1.29 is 0 Å². The summed E-state index contributed by atoms with van der Waals surface area (Å²) in [5, 5.41) is 0. The lowest BCUT2D eigenvalue weighted by Crippen LogP contribution is -2.21. The molecule has 0 atom stereocenters. The van der Waals surface area contributed by atoms with Crippen molar-refractivity contribution in [2.45, 2.75) is 32.1 Å². The lowest BCUT2D eigenvalue weighted by atomic mass is 10.1. The number of nitrogens with two attached hydrogens (primary N) is 1. The van der Waals surface area contributed by atoms with E-state index in [-0.39, 0.29) is 5.41 Å². The second-order valence-electron chi connectivity index (χ2n) is 5.41. The summed E-state index contributed by atoms with van der Waals surface area (Å²) in [6, 6.07) is 8.51. The molecular weight excluding hydrogens is 222 g/mol. The summed E-state index contributed by atoms with van der Waals surface area (Å²) in [5.41, 5.74) is 10.6. The smallest absolute Gasteiger partial charge is 0.114 e. The number of rotatable bonds is 3. The first-order chi connectivity index (χ1) is 8.64. The van der Waals surface area contributed by atoms with E-state index in [1.165, 1.54) is 11.1 Å². The molecule has 0 unspecified atom stereocenters. The third-order valence-electron chi connectivity index (χ3n) is 3.96. The van der Waals surface area contributed by atoms with Gasteiger partial charge in [0.1, 0.15) is 5.82 Å². The Hall–Kier alpha value is -1.61. The third kappa shape index (κ3) is 1.75. The largest absolute Gasteiger partial charge is 0.345 e. The van der Waals surface area contributed by atoms with Gasteiger partial charge in [0.25, 0.3) is 0 Å². The highest BCUT2D eigenvalue weighted by atomic mass is 15.0. The standard InChI is InChI=1S/C15H19N3/c1-10-3-5-12(6-4-10)13-11(2)17-14(18-13)15(9-16)7-8-15/h3-6H,7-9,16H2,1-2H3,(H,17,18). The Morgan fingerprint density at radius 2 is 1.89 bits per heavy atom. The average Bonchev–Trinajstić information content (AvgIpc) is 3.08. The number of H-pyrrole nitrogens is 1. The van der Waals surface area contributed by atoms with Gasteiger partial charge in [0.05, 0.1) is 5.69 Å². The van der Waals surface area contributed by atoms with Crippen LogP contribution in [0.4, 0.5) is 0 Å². The number of aromatic nitrogens is 2. The fourth-order valence-electron chi connectivity index (χ4n) is 2.39. The lowest BCUT2D eigenvalue weighted by Gasteiger charge is -2.07. The van der Waals surface area contributed by atoms with Gasteiger partial charge < -0.3 is 10.7 Å². The fourth-order valence-corrected chi connectivity index (χ4v) is 2.39. The van der Waals surface area contributed by atoms with E-state index in [0.717, 1.165) is 30.1 Å². The number of nitrogens with zero attached hydrogens (tertiary/aromatic N) is 1. The van der Waals surface area contributed by atoms with Crippen molar-refractivity contribution in [1.29, 1.82) is 0 Å². The summed E-state index contributed by atoms with van der Waals surface area (Å²) in [5.74, 6) is 1.07. The van der Waals surface area contributed by atoms with Crippen LogP contribution in [0.2, 0.25) is 0 Å². The molecule has 0 radical (unpaired) electrons. The molecule has 18 heavy (non-hydrogen) atoms. The van der Waals surface area contributed by atoms with Crippen molar-refractivity contribution in [2.24, 2.45) is 5.73 Å². The van der Waals surface area contributed by atoms with Crippen molar-refractivity contribution in [1.82, 2.24) is 9.97 Å². The van der Waals surface area contributed by atoms with Gasteiger partial charge in [-0.25, -0.2) is 4.98 Å². The third-order valence-corrected chi connectivity index (χ3v) is 3.96. The first-order valence-corrected chi connectivity index (χ1v) is 6.49. The Morgan fingerprint density at radius 3 is 2.44 bits per heavy atom. The molecule has 2 aromatic rings. The van der Waals surface area contributed by atoms with Crippen LogP contribution < -0.4 is 5.73 Å². The maximum atomic E-state index is 5.86. The number of benzene rings is 1. The van der Waals surface area contributed by atoms with Crippen LogP contribution in [0, 0.1) is 13.8 Å². The molecule has 0 aliphatic heterocycles. The van der Waals surface area contributed by atoms with Crippen molar-refractivity contribution >= 4 is 0 Å². The van der Waals surface area contributed by atoms with E-state index >= 15 is 0 Å². The molecule has 3 rings (SSSR count). The van der Waals surface area contributed by atoms with Gasteiger partial charge in [-0.15, -0.1) is 0 Å². The maximum absolute atomic E-state index is 5.86. The van der Waals surface area contributed by atoms with Gasteiger partial charge in [-0.3, -0.25) is 0 Å². The predicted molar refractivity (Wildman–Crippen MR) is 73.5 cm³/mol. The van der Waals surface area contributed by atoms with Crippen molar-refractivity contribution in [2.75, 3.05) is 6.54 Å². The SMILES string of the molecule is Cc1ccc(-c2nc(C3(CN)CC3)[nH]c2C)cc1. The average molecular weight is 241 g/mol. The van der Waals surface area contributed by atoms with E-state index in [2.05, 4.69) is 43.1 Å². The van der Waals surface area contributed by atoms with E-state index < -0.39 is 0 Å². The zero-order valence-electron chi connectivity index (χ0n) is 11.0. The zero-order chi connectivity index (χ0) is 12.8. The summed E-state index contributed by atoms with van der Waals surface area (Å²) in [4.78, 5) is 8.20. The molecule has 3 nitrogen and oxygen atoms in total. The van der Waals surface area contributed by atoms with E-state index in [0.29, 0.717) is 6.54 Å². The minimum Gasteiger partial charge on any atom is -0.345 e. The monoisotopic (exact) mass is 241 g/mol. The molecule has 1 heterocycles.